The number of imide groups is 1. The number of hydrogen-bond donors (Lipinski definition) is 2. The molecule has 1 aromatic carbocycles. The van der Waals surface area contributed by atoms with Crippen molar-refractivity contribution in [1.29, 1.82) is 0 Å². The number of amides is 3. The molecule has 0 fully saturated rings. The van der Waals surface area contributed by atoms with Crippen molar-refractivity contribution in [2.24, 2.45) is 0 Å². The third-order valence-corrected chi connectivity index (χ3v) is 4.55. The highest BCUT2D eigenvalue weighted by atomic mass is 32.1. The van der Waals surface area contributed by atoms with Crippen LogP contribution < -0.4 is 10.6 Å². The molecule has 7 nitrogen and oxygen atoms in total. The Morgan fingerprint density at radius 2 is 2.12 bits per heavy atom. The summed E-state index contributed by atoms with van der Waals surface area (Å²) < 4.78 is 18.2. The van der Waals surface area contributed by atoms with Crippen LogP contribution in [0.5, 0.6) is 0 Å². The molecule has 1 aliphatic heterocycles. The van der Waals surface area contributed by atoms with Crippen LogP contribution in [0.1, 0.15) is 27.6 Å². The highest BCUT2D eigenvalue weighted by molar-refractivity contribution is 7.12. The van der Waals surface area contributed by atoms with Crippen LogP contribution in [0.3, 0.4) is 0 Å². The molecule has 134 valence electrons. The van der Waals surface area contributed by atoms with Crippen molar-refractivity contribution < 1.29 is 28.3 Å². The molecule has 2 aromatic rings. The molecule has 0 radical (unpaired) electrons. The predicted molar refractivity (Wildman–Crippen MR) is 90.1 cm³/mol. The number of halogens is 1. The highest BCUT2D eigenvalue weighted by Crippen LogP contribution is 2.33. The third kappa shape index (κ3) is 3.94. The van der Waals surface area contributed by atoms with Crippen LogP contribution in [0, 0.1) is 5.82 Å². The van der Waals surface area contributed by atoms with Gasteiger partial charge < -0.3 is 10.1 Å². The molecule has 0 bridgehead atoms. The lowest BCUT2D eigenvalue weighted by atomic mass is 9.90. The molecule has 2 N–H and O–H groups in total. The molecule has 1 atom stereocenters. The van der Waals surface area contributed by atoms with E-state index in [0.29, 0.717) is 10.4 Å². The van der Waals surface area contributed by atoms with Crippen LogP contribution in [-0.2, 0) is 19.1 Å². The fraction of sp³-hybridized carbons (Fsp3) is 0.176. The number of ether oxygens (including phenoxy) is 1. The highest BCUT2D eigenvalue weighted by Gasteiger charge is 2.32. The van der Waals surface area contributed by atoms with Crippen LogP contribution >= 0.6 is 11.3 Å². The second kappa shape index (κ2) is 7.44. The van der Waals surface area contributed by atoms with E-state index in [9.17, 15) is 23.6 Å². The lowest BCUT2D eigenvalue weighted by molar-refractivity contribution is -0.150. The van der Waals surface area contributed by atoms with Gasteiger partial charge in [-0.2, -0.15) is 0 Å². The van der Waals surface area contributed by atoms with E-state index in [2.05, 4.69) is 10.6 Å². The molecule has 1 unspecified atom stereocenters. The minimum absolute atomic E-state index is 0.173. The van der Waals surface area contributed by atoms with E-state index in [-0.39, 0.29) is 12.1 Å². The SMILES string of the molecule is O=C(COC(=O)C1CC(=O)Nc2cc(F)ccc21)NC(=O)c1cccs1. The summed E-state index contributed by atoms with van der Waals surface area (Å²) in [7, 11) is 0. The van der Waals surface area contributed by atoms with Gasteiger partial charge in [0.25, 0.3) is 11.8 Å². The molecule has 0 saturated heterocycles. The molecule has 0 saturated carbocycles. The van der Waals surface area contributed by atoms with Gasteiger partial charge in [0.05, 0.1) is 10.8 Å². The topological polar surface area (TPSA) is 102 Å². The Morgan fingerprint density at radius 1 is 1.31 bits per heavy atom. The maximum atomic E-state index is 13.3. The van der Waals surface area contributed by atoms with Gasteiger partial charge in [0, 0.05) is 12.1 Å². The fourth-order valence-electron chi connectivity index (χ4n) is 2.52. The van der Waals surface area contributed by atoms with Gasteiger partial charge in [-0.15, -0.1) is 11.3 Å². The van der Waals surface area contributed by atoms with Crippen LogP contribution in [0.25, 0.3) is 0 Å². The smallest absolute Gasteiger partial charge is 0.314 e. The Bertz CT molecular complexity index is 881. The van der Waals surface area contributed by atoms with Crippen molar-refractivity contribution in [1.82, 2.24) is 5.32 Å². The average Bonchev–Trinajstić information content (AvgIpc) is 3.13. The lowest BCUT2D eigenvalue weighted by Crippen LogP contribution is -2.35. The van der Waals surface area contributed by atoms with Crippen molar-refractivity contribution >= 4 is 40.7 Å². The quantitative estimate of drug-likeness (QED) is 0.793. The fourth-order valence-corrected chi connectivity index (χ4v) is 3.14. The van der Waals surface area contributed by atoms with E-state index in [1.165, 1.54) is 23.5 Å². The number of anilines is 1. The van der Waals surface area contributed by atoms with Gasteiger partial charge in [0.1, 0.15) is 5.82 Å². The van der Waals surface area contributed by atoms with E-state index in [4.69, 9.17) is 4.74 Å². The molecule has 0 spiro atoms. The summed E-state index contributed by atoms with van der Waals surface area (Å²) >= 11 is 1.17. The first kappa shape index (κ1) is 17.7. The maximum Gasteiger partial charge on any atom is 0.314 e. The van der Waals surface area contributed by atoms with Crippen molar-refractivity contribution in [3.05, 3.63) is 52.0 Å². The van der Waals surface area contributed by atoms with Gasteiger partial charge in [-0.1, -0.05) is 12.1 Å². The van der Waals surface area contributed by atoms with Crippen LogP contribution in [0.15, 0.2) is 35.7 Å². The Morgan fingerprint density at radius 3 is 2.85 bits per heavy atom. The Hall–Kier alpha value is -3.07. The van der Waals surface area contributed by atoms with E-state index in [0.717, 1.165) is 6.07 Å². The zero-order valence-electron chi connectivity index (χ0n) is 13.3. The number of esters is 1. The molecular weight excluding hydrogens is 363 g/mol. The maximum absolute atomic E-state index is 13.3. The Kier molecular flexibility index (Phi) is 5.08. The number of rotatable bonds is 4. The normalized spacial score (nSPS) is 15.6. The summed E-state index contributed by atoms with van der Waals surface area (Å²) in [5, 5.41) is 6.27. The summed E-state index contributed by atoms with van der Waals surface area (Å²) in [4.78, 5) is 47.8. The third-order valence-electron chi connectivity index (χ3n) is 3.68. The van der Waals surface area contributed by atoms with Gasteiger partial charge in [-0.25, -0.2) is 4.39 Å². The van der Waals surface area contributed by atoms with Crippen molar-refractivity contribution in [3.8, 4) is 0 Å². The second-order valence-corrected chi connectivity index (χ2v) is 6.45. The first-order chi connectivity index (χ1) is 12.4. The van der Waals surface area contributed by atoms with Crippen LogP contribution in [0.4, 0.5) is 10.1 Å². The number of fused-ring (bicyclic) bond motifs is 1. The van der Waals surface area contributed by atoms with E-state index >= 15 is 0 Å². The van der Waals surface area contributed by atoms with Gasteiger partial charge in [0.2, 0.25) is 5.91 Å². The molecule has 1 aliphatic rings. The predicted octanol–water partition coefficient (Wildman–Crippen LogP) is 1.81. The number of thiophene rings is 1. The van der Waals surface area contributed by atoms with Crippen LogP contribution in [0.2, 0.25) is 0 Å². The Labute approximate surface area is 151 Å². The molecule has 1 aromatic heterocycles. The minimum atomic E-state index is -0.944. The average molecular weight is 376 g/mol. The zero-order chi connectivity index (χ0) is 18.7. The number of benzene rings is 1. The molecule has 3 amide bonds. The summed E-state index contributed by atoms with van der Waals surface area (Å²) in [6, 6.07) is 6.88. The minimum Gasteiger partial charge on any atom is -0.455 e. The van der Waals surface area contributed by atoms with Crippen LogP contribution in [-0.4, -0.2) is 30.3 Å². The summed E-state index contributed by atoms with van der Waals surface area (Å²) in [6.07, 6.45) is -0.173. The first-order valence-electron chi connectivity index (χ1n) is 7.57. The van der Waals surface area contributed by atoms with Crippen molar-refractivity contribution in [2.75, 3.05) is 11.9 Å². The summed E-state index contributed by atoms with van der Waals surface area (Å²) in [6.45, 7) is -0.662. The van der Waals surface area contributed by atoms with E-state index in [1.54, 1.807) is 17.5 Å². The first-order valence-corrected chi connectivity index (χ1v) is 8.45. The molecule has 9 heteroatoms. The van der Waals surface area contributed by atoms with E-state index < -0.39 is 42.0 Å². The lowest BCUT2D eigenvalue weighted by Gasteiger charge is -2.24. The summed E-state index contributed by atoms with van der Waals surface area (Å²) in [5.74, 6) is -4.12. The molecule has 26 heavy (non-hydrogen) atoms. The Balaban J connectivity index is 1.61. The van der Waals surface area contributed by atoms with Gasteiger partial charge >= 0.3 is 5.97 Å². The van der Waals surface area contributed by atoms with Gasteiger partial charge in [-0.3, -0.25) is 24.5 Å². The zero-order valence-corrected chi connectivity index (χ0v) is 14.1. The number of nitrogens with one attached hydrogen (secondary N) is 2. The molecule has 0 aliphatic carbocycles. The monoisotopic (exact) mass is 376 g/mol. The summed E-state index contributed by atoms with van der Waals surface area (Å²) in [5.41, 5.74) is 0.603. The second-order valence-electron chi connectivity index (χ2n) is 5.50. The number of carbonyl (C=O) groups excluding carboxylic acids is 4. The number of hydrogen-bond acceptors (Lipinski definition) is 6. The molecule has 3 rings (SSSR count). The van der Waals surface area contributed by atoms with Crippen molar-refractivity contribution in [2.45, 2.75) is 12.3 Å². The molecule has 2 heterocycles. The van der Waals surface area contributed by atoms with E-state index in [1.807, 2.05) is 0 Å². The number of carbonyl (C=O) groups is 4. The largest absolute Gasteiger partial charge is 0.455 e. The van der Waals surface area contributed by atoms with Gasteiger partial charge in [-0.05, 0) is 29.1 Å². The standard InChI is InChI=1S/C17H13FN2O5S/c18-9-3-4-10-11(7-14(21)19-12(10)6-9)17(24)25-8-15(22)20-16(23)13-2-1-5-26-13/h1-6,11H,7-8H2,(H,19,21)(H,20,22,23). The van der Waals surface area contributed by atoms with Crippen molar-refractivity contribution in [3.63, 3.8) is 0 Å². The van der Waals surface area contributed by atoms with Gasteiger partial charge in [0.15, 0.2) is 6.61 Å². The molecular formula is C17H13FN2O5S.